The van der Waals surface area contributed by atoms with E-state index in [1.165, 1.54) is 0 Å². The van der Waals surface area contributed by atoms with Gasteiger partial charge in [0.05, 0.1) is 0 Å². The first-order chi connectivity index (χ1) is 6.44. The number of aliphatic hydroxyl groups is 1. The molecule has 0 bridgehead atoms. The van der Waals surface area contributed by atoms with E-state index in [-0.39, 0.29) is 12.0 Å². The Labute approximate surface area is 98.2 Å². The van der Waals surface area contributed by atoms with Gasteiger partial charge in [-0.3, -0.25) is 0 Å². The summed E-state index contributed by atoms with van der Waals surface area (Å²) in [7, 11) is 0. The zero-order valence-electron chi connectivity index (χ0n) is 8.35. The predicted molar refractivity (Wildman–Crippen MR) is 63.7 cm³/mol. The van der Waals surface area contributed by atoms with Crippen LogP contribution >= 0.6 is 27.5 Å². The smallest absolute Gasteiger partial charge is 0.0485 e. The Kier molecular flexibility index (Phi) is 3.99. The molecule has 1 N–H and O–H groups in total. The fraction of sp³-hybridized carbons (Fsp3) is 0.455. The molecule has 0 aromatic heterocycles. The molecule has 0 saturated heterocycles. The van der Waals surface area contributed by atoms with Gasteiger partial charge in [0, 0.05) is 16.1 Å². The minimum Gasteiger partial charge on any atom is -0.396 e. The van der Waals surface area contributed by atoms with Gasteiger partial charge in [-0.1, -0.05) is 41.4 Å². The first kappa shape index (κ1) is 12.0. The maximum atomic E-state index is 9.16. The number of benzene rings is 1. The topological polar surface area (TPSA) is 20.2 Å². The third kappa shape index (κ3) is 3.26. The molecule has 1 aromatic carbocycles. The molecule has 0 aliphatic carbocycles. The highest BCUT2D eigenvalue weighted by Gasteiger charge is 2.18. The molecule has 0 aliphatic rings. The molecular weight excluding hydrogens is 263 g/mol. The second-order valence-electron chi connectivity index (χ2n) is 4.23. The molecular formula is C11H14BrClO. The molecule has 0 atom stereocenters. The van der Waals surface area contributed by atoms with Gasteiger partial charge >= 0.3 is 0 Å². The lowest BCUT2D eigenvalue weighted by Gasteiger charge is -2.22. The second-order valence-corrected chi connectivity index (χ2v) is 5.56. The van der Waals surface area contributed by atoms with E-state index < -0.39 is 0 Å². The SMILES string of the molecule is CC(C)(CO)Cc1cc(Br)ccc1Cl. The van der Waals surface area contributed by atoms with E-state index in [0.717, 1.165) is 21.5 Å². The highest BCUT2D eigenvalue weighted by molar-refractivity contribution is 9.10. The van der Waals surface area contributed by atoms with Gasteiger partial charge in [0.2, 0.25) is 0 Å². The van der Waals surface area contributed by atoms with Crippen molar-refractivity contribution in [1.29, 1.82) is 0 Å². The van der Waals surface area contributed by atoms with Crippen molar-refractivity contribution in [1.82, 2.24) is 0 Å². The molecule has 0 fully saturated rings. The largest absolute Gasteiger partial charge is 0.396 e. The van der Waals surface area contributed by atoms with E-state index in [1.807, 2.05) is 32.0 Å². The Hall–Kier alpha value is -0.0500. The van der Waals surface area contributed by atoms with Crippen LogP contribution in [0.4, 0.5) is 0 Å². The van der Waals surface area contributed by atoms with Gasteiger partial charge in [-0.25, -0.2) is 0 Å². The standard InChI is InChI=1S/C11H14BrClO/c1-11(2,7-14)6-8-5-9(12)3-4-10(8)13/h3-5,14H,6-7H2,1-2H3. The second kappa shape index (κ2) is 4.65. The molecule has 3 heteroatoms. The van der Waals surface area contributed by atoms with Gasteiger partial charge in [-0.15, -0.1) is 0 Å². The van der Waals surface area contributed by atoms with Gasteiger partial charge in [0.15, 0.2) is 0 Å². The lowest BCUT2D eigenvalue weighted by molar-refractivity contribution is 0.159. The molecule has 0 unspecified atom stereocenters. The molecule has 78 valence electrons. The molecule has 0 spiro atoms. The zero-order chi connectivity index (χ0) is 10.8. The molecule has 1 nitrogen and oxygen atoms in total. The summed E-state index contributed by atoms with van der Waals surface area (Å²) in [6.45, 7) is 4.20. The van der Waals surface area contributed by atoms with Crippen molar-refractivity contribution in [2.45, 2.75) is 20.3 Å². The number of rotatable bonds is 3. The van der Waals surface area contributed by atoms with E-state index in [9.17, 15) is 0 Å². The van der Waals surface area contributed by atoms with Crippen LogP contribution in [0.15, 0.2) is 22.7 Å². The fourth-order valence-corrected chi connectivity index (χ4v) is 1.84. The molecule has 0 saturated carbocycles. The lowest BCUT2D eigenvalue weighted by atomic mass is 9.87. The van der Waals surface area contributed by atoms with Gasteiger partial charge in [-0.2, -0.15) is 0 Å². The number of hydrogen-bond donors (Lipinski definition) is 1. The maximum absolute atomic E-state index is 9.16. The van der Waals surface area contributed by atoms with Crippen LogP contribution in [0.1, 0.15) is 19.4 Å². The van der Waals surface area contributed by atoms with Crippen LogP contribution in [0.3, 0.4) is 0 Å². The molecule has 0 radical (unpaired) electrons. The average molecular weight is 278 g/mol. The Morgan fingerprint density at radius 1 is 1.43 bits per heavy atom. The van der Waals surface area contributed by atoms with Gasteiger partial charge < -0.3 is 5.11 Å². The summed E-state index contributed by atoms with van der Waals surface area (Å²) in [6.07, 6.45) is 0.780. The summed E-state index contributed by atoms with van der Waals surface area (Å²) in [5, 5.41) is 9.92. The van der Waals surface area contributed by atoms with E-state index >= 15 is 0 Å². The number of hydrogen-bond acceptors (Lipinski definition) is 1. The van der Waals surface area contributed by atoms with E-state index in [2.05, 4.69) is 15.9 Å². The Morgan fingerprint density at radius 2 is 2.07 bits per heavy atom. The molecule has 1 aromatic rings. The van der Waals surface area contributed by atoms with Crippen molar-refractivity contribution in [3.63, 3.8) is 0 Å². The van der Waals surface area contributed by atoms with Crippen LogP contribution in [0.5, 0.6) is 0 Å². The lowest BCUT2D eigenvalue weighted by Crippen LogP contribution is -2.19. The van der Waals surface area contributed by atoms with Crippen molar-refractivity contribution in [2.75, 3.05) is 6.61 Å². The zero-order valence-corrected chi connectivity index (χ0v) is 10.7. The summed E-state index contributed by atoms with van der Waals surface area (Å²) in [5.74, 6) is 0. The highest BCUT2D eigenvalue weighted by atomic mass is 79.9. The minimum absolute atomic E-state index is 0.121. The highest BCUT2D eigenvalue weighted by Crippen LogP contribution is 2.28. The Bertz CT molecular complexity index is 323. The van der Waals surface area contributed by atoms with Crippen molar-refractivity contribution in [2.24, 2.45) is 5.41 Å². The maximum Gasteiger partial charge on any atom is 0.0485 e. The summed E-state index contributed by atoms with van der Waals surface area (Å²) in [4.78, 5) is 0. The van der Waals surface area contributed by atoms with Crippen molar-refractivity contribution < 1.29 is 5.11 Å². The third-order valence-electron chi connectivity index (χ3n) is 2.10. The Balaban J connectivity index is 2.91. The van der Waals surface area contributed by atoms with Crippen LogP contribution in [0.2, 0.25) is 5.02 Å². The minimum atomic E-state index is -0.121. The average Bonchev–Trinajstić information content (AvgIpc) is 2.11. The monoisotopic (exact) mass is 276 g/mol. The predicted octanol–water partition coefficient (Wildman–Crippen LogP) is 3.66. The normalized spacial score (nSPS) is 11.8. The molecule has 0 aliphatic heterocycles. The van der Waals surface area contributed by atoms with Crippen molar-refractivity contribution >= 4 is 27.5 Å². The van der Waals surface area contributed by atoms with E-state index in [4.69, 9.17) is 16.7 Å². The van der Waals surface area contributed by atoms with Crippen LogP contribution < -0.4 is 0 Å². The van der Waals surface area contributed by atoms with Crippen molar-refractivity contribution in [3.8, 4) is 0 Å². The molecule has 1 rings (SSSR count). The van der Waals surface area contributed by atoms with Crippen LogP contribution in [-0.4, -0.2) is 11.7 Å². The molecule has 0 heterocycles. The van der Waals surface area contributed by atoms with E-state index in [1.54, 1.807) is 0 Å². The number of halogens is 2. The quantitative estimate of drug-likeness (QED) is 0.894. The van der Waals surface area contributed by atoms with Crippen molar-refractivity contribution in [3.05, 3.63) is 33.3 Å². The molecule has 14 heavy (non-hydrogen) atoms. The summed E-state index contributed by atoms with van der Waals surface area (Å²) in [5.41, 5.74) is 0.949. The fourth-order valence-electron chi connectivity index (χ4n) is 1.25. The summed E-state index contributed by atoms with van der Waals surface area (Å²) in [6, 6.07) is 5.78. The van der Waals surface area contributed by atoms with E-state index in [0.29, 0.717) is 0 Å². The van der Waals surface area contributed by atoms with Gasteiger partial charge in [0.25, 0.3) is 0 Å². The Morgan fingerprint density at radius 3 is 2.64 bits per heavy atom. The first-order valence-electron chi connectivity index (χ1n) is 4.49. The van der Waals surface area contributed by atoms with Gasteiger partial charge in [0.1, 0.15) is 0 Å². The summed E-state index contributed by atoms with van der Waals surface area (Å²) < 4.78 is 1.02. The first-order valence-corrected chi connectivity index (χ1v) is 5.66. The summed E-state index contributed by atoms with van der Waals surface area (Å²) >= 11 is 9.46. The van der Waals surface area contributed by atoms with Crippen LogP contribution in [0, 0.1) is 5.41 Å². The molecule has 0 amide bonds. The van der Waals surface area contributed by atoms with Crippen LogP contribution in [0.25, 0.3) is 0 Å². The van der Waals surface area contributed by atoms with Crippen LogP contribution in [-0.2, 0) is 6.42 Å². The third-order valence-corrected chi connectivity index (χ3v) is 2.97. The van der Waals surface area contributed by atoms with Gasteiger partial charge in [-0.05, 0) is 35.6 Å². The number of aliphatic hydroxyl groups excluding tert-OH is 1.